The van der Waals surface area contributed by atoms with Gasteiger partial charge in [-0.15, -0.1) is 11.3 Å². The summed E-state index contributed by atoms with van der Waals surface area (Å²) < 4.78 is 2.30. The quantitative estimate of drug-likeness (QED) is 0.708. The topological polar surface area (TPSA) is 37.8 Å². The normalized spacial score (nSPS) is 11.1. The molecule has 0 spiro atoms. The maximum Gasteiger partial charge on any atom is 0.331 e. The predicted molar refractivity (Wildman–Crippen MR) is 66.8 cm³/mol. The molecule has 2 aromatic heterocycles. The van der Waals surface area contributed by atoms with Crippen molar-refractivity contribution in [3.8, 4) is 5.00 Å². The number of halogens is 1. The standard InChI is InChI=1S/C11H7ClN2OS/c12-9-5-6-10(16-9)14-8-4-2-1-3-7(8)13-11(14)15/h1-6H,(H,13,15). The summed E-state index contributed by atoms with van der Waals surface area (Å²) in [6, 6.07) is 11.2. The van der Waals surface area contributed by atoms with Crippen LogP contribution in [0, 0.1) is 0 Å². The summed E-state index contributed by atoms with van der Waals surface area (Å²) in [5.41, 5.74) is 1.56. The number of thiophene rings is 1. The van der Waals surface area contributed by atoms with Gasteiger partial charge in [-0.05, 0) is 24.3 Å². The summed E-state index contributed by atoms with van der Waals surface area (Å²) in [5.74, 6) is 0. The molecule has 1 aromatic carbocycles. The first-order valence-electron chi connectivity index (χ1n) is 4.71. The maximum atomic E-state index is 11.8. The van der Waals surface area contributed by atoms with Crippen molar-refractivity contribution in [1.82, 2.24) is 9.55 Å². The highest BCUT2D eigenvalue weighted by Crippen LogP contribution is 2.26. The molecule has 0 atom stereocenters. The number of fused-ring (bicyclic) bond motifs is 1. The fraction of sp³-hybridized carbons (Fsp3) is 0. The molecule has 5 heteroatoms. The van der Waals surface area contributed by atoms with E-state index in [0.717, 1.165) is 16.0 Å². The average Bonchev–Trinajstić information content (AvgIpc) is 2.80. The van der Waals surface area contributed by atoms with Crippen LogP contribution in [0.15, 0.2) is 41.2 Å². The fourth-order valence-corrected chi connectivity index (χ4v) is 2.74. The number of imidazole rings is 1. The number of hydrogen-bond acceptors (Lipinski definition) is 2. The van der Waals surface area contributed by atoms with E-state index >= 15 is 0 Å². The van der Waals surface area contributed by atoms with Gasteiger partial charge in [0.1, 0.15) is 5.00 Å². The Bertz CT molecular complexity index is 710. The zero-order valence-electron chi connectivity index (χ0n) is 8.11. The van der Waals surface area contributed by atoms with E-state index in [1.54, 1.807) is 10.6 Å². The van der Waals surface area contributed by atoms with Gasteiger partial charge in [0, 0.05) is 0 Å². The van der Waals surface area contributed by atoms with Gasteiger partial charge in [-0.25, -0.2) is 4.79 Å². The molecule has 0 amide bonds. The second-order valence-electron chi connectivity index (χ2n) is 3.36. The van der Waals surface area contributed by atoms with Gasteiger partial charge in [-0.2, -0.15) is 0 Å². The van der Waals surface area contributed by atoms with Gasteiger partial charge < -0.3 is 4.98 Å². The maximum absolute atomic E-state index is 11.8. The average molecular weight is 251 g/mol. The van der Waals surface area contributed by atoms with Gasteiger partial charge in [-0.3, -0.25) is 4.57 Å². The van der Waals surface area contributed by atoms with Crippen molar-refractivity contribution in [2.75, 3.05) is 0 Å². The lowest BCUT2D eigenvalue weighted by molar-refractivity contribution is 1.04. The van der Waals surface area contributed by atoms with Crippen LogP contribution >= 0.6 is 22.9 Å². The number of nitrogens with zero attached hydrogens (tertiary/aromatic N) is 1. The van der Waals surface area contributed by atoms with Gasteiger partial charge >= 0.3 is 5.69 Å². The number of benzene rings is 1. The lowest BCUT2D eigenvalue weighted by Gasteiger charge is -1.97. The summed E-state index contributed by atoms with van der Waals surface area (Å²) in [6.45, 7) is 0. The minimum Gasteiger partial charge on any atom is -0.305 e. The van der Waals surface area contributed by atoms with E-state index < -0.39 is 0 Å². The summed E-state index contributed by atoms with van der Waals surface area (Å²) in [7, 11) is 0. The summed E-state index contributed by atoms with van der Waals surface area (Å²) in [4.78, 5) is 14.6. The van der Waals surface area contributed by atoms with Crippen molar-refractivity contribution >= 4 is 34.0 Å². The number of para-hydroxylation sites is 2. The van der Waals surface area contributed by atoms with Crippen molar-refractivity contribution in [3.63, 3.8) is 0 Å². The number of hydrogen-bond donors (Lipinski definition) is 1. The Labute approximate surface area is 99.9 Å². The number of nitrogens with one attached hydrogen (secondary N) is 1. The van der Waals surface area contributed by atoms with Gasteiger partial charge in [-0.1, -0.05) is 23.7 Å². The molecule has 0 saturated heterocycles. The number of rotatable bonds is 1. The van der Waals surface area contributed by atoms with E-state index in [4.69, 9.17) is 11.6 Å². The third-order valence-corrected chi connectivity index (χ3v) is 3.59. The number of aromatic amines is 1. The van der Waals surface area contributed by atoms with Gasteiger partial charge in [0.15, 0.2) is 0 Å². The highest BCUT2D eigenvalue weighted by molar-refractivity contribution is 7.18. The lowest BCUT2D eigenvalue weighted by atomic mass is 10.3. The van der Waals surface area contributed by atoms with Crippen molar-refractivity contribution in [3.05, 3.63) is 51.2 Å². The van der Waals surface area contributed by atoms with Gasteiger partial charge in [0.2, 0.25) is 0 Å². The van der Waals surface area contributed by atoms with Gasteiger partial charge in [0.25, 0.3) is 0 Å². The van der Waals surface area contributed by atoms with Crippen molar-refractivity contribution in [1.29, 1.82) is 0 Å². The van der Waals surface area contributed by atoms with E-state index in [1.165, 1.54) is 11.3 Å². The first kappa shape index (κ1) is 9.69. The molecule has 0 aliphatic rings. The molecule has 0 radical (unpaired) electrons. The lowest BCUT2D eigenvalue weighted by Crippen LogP contribution is -2.13. The molecular formula is C11H7ClN2OS. The molecule has 2 heterocycles. The van der Waals surface area contributed by atoms with Crippen molar-refractivity contribution in [2.45, 2.75) is 0 Å². The second-order valence-corrected chi connectivity index (χ2v) is 5.05. The van der Waals surface area contributed by atoms with Crippen LogP contribution in [-0.2, 0) is 0 Å². The van der Waals surface area contributed by atoms with Crippen LogP contribution in [0.1, 0.15) is 0 Å². The molecule has 0 aliphatic carbocycles. The SMILES string of the molecule is O=c1[nH]c2ccccc2n1-c1ccc(Cl)s1. The molecule has 3 rings (SSSR count). The molecule has 0 saturated carbocycles. The molecule has 0 fully saturated rings. The monoisotopic (exact) mass is 250 g/mol. The molecule has 3 aromatic rings. The Morgan fingerprint density at radius 1 is 1.19 bits per heavy atom. The predicted octanol–water partition coefficient (Wildman–Crippen LogP) is 3.03. The smallest absolute Gasteiger partial charge is 0.305 e. The summed E-state index contributed by atoms with van der Waals surface area (Å²) >= 11 is 7.26. The molecule has 16 heavy (non-hydrogen) atoms. The van der Waals surface area contributed by atoms with E-state index in [-0.39, 0.29) is 5.69 Å². The largest absolute Gasteiger partial charge is 0.331 e. The highest BCUT2D eigenvalue weighted by atomic mass is 35.5. The Kier molecular flexibility index (Phi) is 2.12. The van der Waals surface area contributed by atoms with Crippen molar-refractivity contribution in [2.24, 2.45) is 0 Å². The molecule has 3 nitrogen and oxygen atoms in total. The van der Waals surface area contributed by atoms with E-state index in [2.05, 4.69) is 4.98 Å². The second kappa shape index (κ2) is 3.50. The summed E-state index contributed by atoms with van der Waals surface area (Å²) in [6.07, 6.45) is 0. The molecule has 0 unspecified atom stereocenters. The van der Waals surface area contributed by atoms with Crippen LogP contribution in [0.3, 0.4) is 0 Å². The minimum atomic E-state index is -0.139. The Hall–Kier alpha value is -1.52. The Morgan fingerprint density at radius 2 is 2.00 bits per heavy atom. The zero-order valence-corrected chi connectivity index (χ0v) is 9.68. The Morgan fingerprint density at radius 3 is 2.75 bits per heavy atom. The van der Waals surface area contributed by atoms with Crippen molar-refractivity contribution < 1.29 is 0 Å². The van der Waals surface area contributed by atoms with Crippen LogP contribution in [0.4, 0.5) is 0 Å². The summed E-state index contributed by atoms with van der Waals surface area (Å²) in [5, 5.41) is 0.826. The fourth-order valence-electron chi connectivity index (χ4n) is 1.70. The zero-order chi connectivity index (χ0) is 11.1. The van der Waals surface area contributed by atoms with Crippen LogP contribution in [-0.4, -0.2) is 9.55 Å². The Balaban J connectivity index is 2.39. The third-order valence-electron chi connectivity index (χ3n) is 2.37. The number of aromatic nitrogens is 2. The third kappa shape index (κ3) is 1.38. The molecule has 0 bridgehead atoms. The molecule has 80 valence electrons. The van der Waals surface area contributed by atoms with E-state index in [0.29, 0.717) is 4.34 Å². The van der Waals surface area contributed by atoms with Crippen LogP contribution < -0.4 is 5.69 Å². The molecule has 1 N–H and O–H groups in total. The highest BCUT2D eigenvalue weighted by Gasteiger charge is 2.09. The minimum absolute atomic E-state index is 0.139. The van der Waals surface area contributed by atoms with Crippen LogP contribution in [0.25, 0.3) is 16.0 Å². The molecular weight excluding hydrogens is 244 g/mol. The van der Waals surface area contributed by atoms with Crippen LogP contribution in [0.2, 0.25) is 4.34 Å². The van der Waals surface area contributed by atoms with Crippen LogP contribution in [0.5, 0.6) is 0 Å². The first-order chi connectivity index (χ1) is 7.75. The molecule has 0 aliphatic heterocycles. The number of H-pyrrole nitrogens is 1. The van der Waals surface area contributed by atoms with Gasteiger partial charge in [0.05, 0.1) is 15.4 Å². The van der Waals surface area contributed by atoms with E-state index in [1.807, 2.05) is 30.3 Å². The first-order valence-corrected chi connectivity index (χ1v) is 5.90. The van der Waals surface area contributed by atoms with E-state index in [9.17, 15) is 4.79 Å².